The number of methoxy groups -OCH3 is 1. The van der Waals surface area contributed by atoms with Gasteiger partial charge in [-0.2, -0.15) is 0 Å². The Balaban J connectivity index is 1.71. The lowest BCUT2D eigenvalue weighted by Crippen LogP contribution is -2.12. The van der Waals surface area contributed by atoms with Gasteiger partial charge in [0.25, 0.3) is 5.91 Å². The van der Waals surface area contributed by atoms with Gasteiger partial charge in [-0.3, -0.25) is 4.79 Å². The quantitative estimate of drug-likeness (QED) is 0.571. The van der Waals surface area contributed by atoms with Crippen LogP contribution in [0.2, 0.25) is 0 Å². The molecule has 8 heteroatoms. The second-order valence-electron chi connectivity index (χ2n) is 7.52. The maximum Gasteiger partial charge on any atom is 0.251 e. The molecule has 0 radical (unpaired) electrons. The Morgan fingerprint density at radius 2 is 1.72 bits per heavy atom. The van der Waals surface area contributed by atoms with E-state index in [-0.39, 0.29) is 17.4 Å². The average Bonchev–Trinajstić information content (AvgIpc) is 3.16. The SMILES string of the molecule is CCc1ccc(-c2ccc3c(c2)CNC3=O)c(OCc2ccc(S(N)(=O)=O)cc2)c1OC. The number of ether oxygens (including phenoxy) is 2. The van der Waals surface area contributed by atoms with Crippen LogP contribution in [-0.2, 0) is 29.6 Å². The van der Waals surface area contributed by atoms with E-state index in [0.717, 1.165) is 34.2 Å². The number of benzene rings is 3. The Kier molecular flexibility index (Phi) is 5.90. The Morgan fingerprint density at radius 3 is 2.38 bits per heavy atom. The average molecular weight is 453 g/mol. The van der Waals surface area contributed by atoms with Crippen molar-refractivity contribution in [2.75, 3.05) is 7.11 Å². The number of hydrogen-bond donors (Lipinski definition) is 2. The number of rotatable bonds is 7. The number of sulfonamides is 1. The summed E-state index contributed by atoms with van der Waals surface area (Å²) in [6, 6.07) is 16.0. The lowest BCUT2D eigenvalue weighted by atomic mass is 9.97. The fourth-order valence-corrected chi connectivity index (χ4v) is 4.32. The van der Waals surface area contributed by atoms with Crippen molar-refractivity contribution >= 4 is 15.9 Å². The van der Waals surface area contributed by atoms with Crippen molar-refractivity contribution in [3.8, 4) is 22.6 Å². The van der Waals surface area contributed by atoms with E-state index in [1.807, 2.05) is 37.3 Å². The molecule has 0 fully saturated rings. The molecule has 0 saturated heterocycles. The molecule has 166 valence electrons. The number of nitrogens with two attached hydrogens (primary N) is 1. The van der Waals surface area contributed by atoms with Crippen LogP contribution in [0.15, 0.2) is 59.5 Å². The molecule has 1 heterocycles. The smallest absolute Gasteiger partial charge is 0.251 e. The molecule has 0 saturated carbocycles. The summed E-state index contributed by atoms with van der Waals surface area (Å²) in [6.45, 7) is 2.76. The highest BCUT2D eigenvalue weighted by Crippen LogP contribution is 2.42. The van der Waals surface area contributed by atoms with E-state index >= 15 is 0 Å². The zero-order valence-electron chi connectivity index (χ0n) is 17.8. The number of hydrogen-bond acceptors (Lipinski definition) is 5. The normalized spacial score (nSPS) is 12.9. The molecule has 0 atom stereocenters. The Morgan fingerprint density at radius 1 is 1.00 bits per heavy atom. The van der Waals surface area contributed by atoms with Crippen LogP contribution < -0.4 is 19.9 Å². The van der Waals surface area contributed by atoms with Crippen LogP contribution in [0.5, 0.6) is 11.5 Å². The zero-order valence-corrected chi connectivity index (χ0v) is 18.7. The largest absolute Gasteiger partial charge is 0.493 e. The Hall–Kier alpha value is -3.36. The Bertz CT molecular complexity index is 1280. The molecule has 0 bridgehead atoms. The topological polar surface area (TPSA) is 108 Å². The van der Waals surface area contributed by atoms with Gasteiger partial charge in [0.05, 0.1) is 12.0 Å². The highest BCUT2D eigenvalue weighted by atomic mass is 32.2. The molecule has 7 nitrogen and oxygen atoms in total. The first-order valence-electron chi connectivity index (χ1n) is 10.2. The van der Waals surface area contributed by atoms with Gasteiger partial charge in [-0.05, 0) is 52.9 Å². The first kappa shape index (κ1) is 21.9. The molecule has 0 unspecified atom stereocenters. The second-order valence-corrected chi connectivity index (χ2v) is 9.08. The molecular formula is C24H24N2O5S. The van der Waals surface area contributed by atoms with E-state index in [0.29, 0.717) is 23.6 Å². The number of aryl methyl sites for hydroxylation is 1. The number of fused-ring (bicyclic) bond motifs is 1. The third-order valence-corrected chi connectivity index (χ3v) is 6.44. The summed E-state index contributed by atoms with van der Waals surface area (Å²) in [7, 11) is -2.14. The van der Waals surface area contributed by atoms with Crippen molar-refractivity contribution < 1.29 is 22.7 Å². The fraction of sp³-hybridized carbons (Fsp3) is 0.208. The number of primary sulfonamides is 1. The summed E-state index contributed by atoms with van der Waals surface area (Å²) in [5, 5.41) is 8.01. The molecule has 3 aromatic carbocycles. The third kappa shape index (κ3) is 4.19. The molecule has 0 aliphatic carbocycles. The van der Waals surface area contributed by atoms with Crippen LogP contribution in [0.4, 0.5) is 0 Å². The highest BCUT2D eigenvalue weighted by Gasteiger charge is 2.22. The molecule has 4 rings (SSSR count). The number of amides is 1. The van der Waals surface area contributed by atoms with Crippen LogP contribution in [0.3, 0.4) is 0 Å². The van der Waals surface area contributed by atoms with E-state index < -0.39 is 10.0 Å². The van der Waals surface area contributed by atoms with Crippen LogP contribution in [0.25, 0.3) is 11.1 Å². The maximum atomic E-state index is 11.9. The van der Waals surface area contributed by atoms with Crippen molar-refractivity contribution in [1.29, 1.82) is 0 Å². The van der Waals surface area contributed by atoms with Gasteiger partial charge in [0.1, 0.15) is 6.61 Å². The summed E-state index contributed by atoms with van der Waals surface area (Å²) in [6.07, 6.45) is 0.769. The summed E-state index contributed by atoms with van der Waals surface area (Å²) >= 11 is 0. The van der Waals surface area contributed by atoms with Crippen molar-refractivity contribution in [2.24, 2.45) is 5.14 Å². The lowest BCUT2D eigenvalue weighted by Gasteiger charge is -2.18. The summed E-state index contributed by atoms with van der Waals surface area (Å²) in [5.74, 6) is 1.19. The molecule has 0 aromatic heterocycles. The molecule has 32 heavy (non-hydrogen) atoms. The van der Waals surface area contributed by atoms with Crippen molar-refractivity contribution in [2.45, 2.75) is 31.4 Å². The third-order valence-electron chi connectivity index (χ3n) is 5.51. The van der Waals surface area contributed by atoms with Gasteiger partial charge in [0.15, 0.2) is 11.5 Å². The minimum absolute atomic E-state index is 0.0498. The second kappa shape index (κ2) is 8.64. The van der Waals surface area contributed by atoms with Crippen molar-refractivity contribution in [3.63, 3.8) is 0 Å². The predicted octanol–water partition coefficient (Wildman–Crippen LogP) is 3.39. The van der Waals surface area contributed by atoms with Crippen LogP contribution in [-0.4, -0.2) is 21.4 Å². The van der Waals surface area contributed by atoms with E-state index in [9.17, 15) is 13.2 Å². The van der Waals surface area contributed by atoms with Crippen LogP contribution in [0, 0.1) is 0 Å². The van der Waals surface area contributed by atoms with E-state index in [2.05, 4.69) is 5.32 Å². The minimum Gasteiger partial charge on any atom is -0.493 e. The standard InChI is InChI=1S/C24H24N2O5S/c1-3-16-6-10-20(17-7-11-21-18(12-17)13-26-24(21)27)23(22(16)30-2)31-14-15-4-8-19(9-5-15)32(25,28)29/h4-12H,3,13-14H2,1-2H3,(H,26,27)(H2,25,28,29). The fourth-order valence-electron chi connectivity index (χ4n) is 3.81. The van der Waals surface area contributed by atoms with Gasteiger partial charge >= 0.3 is 0 Å². The van der Waals surface area contributed by atoms with Gasteiger partial charge in [-0.1, -0.05) is 37.3 Å². The Labute approximate surface area is 187 Å². The van der Waals surface area contributed by atoms with Crippen molar-refractivity contribution in [1.82, 2.24) is 5.32 Å². The first-order valence-corrected chi connectivity index (χ1v) is 11.7. The van der Waals surface area contributed by atoms with E-state index in [4.69, 9.17) is 14.6 Å². The molecule has 1 amide bonds. The zero-order chi connectivity index (χ0) is 22.9. The highest BCUT2D eigenvalue weighted by molar-refractivity contribution is 7.89. The molecule has 0 spiro atoms. The van der Waals surface area contributed by atoms with E-state index in [1.54, 1.807) is 19.2 Å². The monoisotopic (exact) mass is 452 g/mol. The molecule has 1 aliphatic rings. The maximum absolute atomic E-state index is 11.9. The molecule has 3 N–H and O–H groups in total. The molecule has 1 aliphatic heterocycles. The van der Waals surface area contributed by atoms with Gasteiger partial charge < -0.3 is 14.8 Å². The lowest BCUT2D eigenvalue weighted by molar-refractivity contribution is 0.0965. The van der Waals surface area contributed by atoms with Gasteiger partial charge in [0, 0.05) is 17.7 Å². The molecular weight excluding hydrogens is 428 g/mol. The van der Waals surface area contributed by atoms with Gasteiger partial charge in [0.2, 0.25) is 10.0 Å². The number of nitrogens with one attached hydrogen (secondary N) is 1. The van der Waals surface area contributed by atoms with Crippen molar-refractivity contribution in [3.05, 3.63) is 76.9 Å². The first-order chi connectivity index (χ1) is 15.3. The van der Waals surface area contributed by atoms with Crippen LogP contribution in [0.1, 0.15) is 34.0 Å². The van der Waals surface area contributed by atoms with Gasteiger partial charge in [-0.15, -0.1) is 0 Å². The summed E-state index contributed by atoms with van der Waals surface area (Å²) in [5.41, 5.74) is 5.19. The summed E-state index contributed by atoms with van der Waals surface area (Å²) < 4.78 is 34.9. The predicted molar refractivity (Wildman–Crippen MR) is 121 cm³/mol. The summed E-state index contributed by atoms with van der Waals surface area (Å²) in [4.78, 5) is 12.0. The number of carbonyl (C=O) groups excluding carboxylic acids is 1. The van der Waals surface area contributed by atoms with Crippen LogP contribution >= 0.6 is 0 Å². The molecule has 3 aromatic rings. The minimum atomic E-state index is -3.75. The van der Waals surface area contributed by atoms with Gasteiger partial charge in [-0.25, -0.2) is 13.6 Å². The number of carbonyl (C=O) groups is 1. The van der Waals surface area contributed by atoms with E-state index in [1.165, 1.54) is 12.1 Å².